The van der Waals surface area contributed by atoms with E-state index in [4.69, 9.17) is 0 Å². The minimum Gasteiger partial charge on any atom is -0.550 e. The first-order chi connectivity index (χ1) is 20.6. The van der Waals surface area contributed by atoms with Crippen LogP contribution in [0.5, 0.6) is 0 Å². The number of hydrogen-bond acceptors (Lipinski definition) is 4. The van der Waals surface area contributed by atoms with Gasteiger partial charge in [-0.1, -0.05) is 104 Å². The molecule has 0 saturated heterocycles. The number of fused-ring (bicyclic) bond motifs is 6. The topological polar surface area (TPSA) is 80.3 Å². The number of rotatable bonds is 4. The Bertz CT molecular complexity index is 1190. The number of carbonyl (C=O) groups excluding carboxylic acids is 2. The van der Waals surface area contributed by atoms with Crippen molar-refractivity contribution >= 4 is 11.9 Å². The Morgan fingerprint density at radius 1 is 0.667 bits per heavy atom. The Morgan fingerprint density at radius 2 is 1.02 bits per heavy atom. The summed E-state index contributed by atoms with van der Waals surface area (Å²) < 4.78 is 0. The molecule has 249 valence electrons. The van der Waals surface area contributed by atoms with Crippen LogP contribution in [0.25, 0.3) is 0 Å². The minimum atomic E-state index is -0.838. The number of aliphatic carboxylic acids is 2. The molecule has 2 saturated carbocycles. The summed E-state index contributed by atoms with van der Waals surface area (Å²) in [4.78, 5) is 23.7. The van der Waals surface area contributed by atoms with Crippen molar-refractivity contribution in [3.63, 3.8) is 0 Å². The summed E-state index contributed by atoms with van der Waals surface area (Å²) in [5, 5.41) is 23.7. The molecule has 0 aromatic heterocycles. The van der Waals surface area contributed by atoms with Crippen LogP contribution in [0.15, 0.2) is 46.6 Å². The van der Waals surface area contributed by atoms with E-state index in [1.807, 2.05) is 13.8 Å². The van der Waals surface area contributed by atoms with Crippen LogP contribution in [0.2, 0.25) is 0 Å². The van der Waals surface area contributed by atoms with Gasteiger partial charge in [-0.2, -0.15) is 0 Å². The fraction of sp³-hybridized carbons (Fsp3) is 0.750. The van der Waals surface area contributed by atoms with Crippen LogP contribution >= 0.6 is 0 Å². The SMILES string of the molecule is CC(C)C1=CC2=CCC3[C@](C)(CCC[C@]3(C)C(=O)[O-])[C@@H]2CC1.CC(C)C1=CC2=CCC3[C@](C)(CCC[C@]3(C)C(=O)[O-])[C@@H]2CC1.[Mn+2]. The zero-order valence-corrected chi connectivity index (χ0v) is 30.5. The second-order valence-corrected chi connectivity index (χ2v) is 17.0. The number of carboxylic acid groups (broad SMARTS) is 2. The Labute approximate surface area is 284 Å². The van der Waals surface area contributed by atoms with Crippen LogP contribution in [0.1, 0.15) is 132 Å². The molecular formula is C40H58MnO4. The summed E-state index contributed by atoms with van der Waals surface area (Å²) >= 11 is 0. The predicted molar refractivity (Wildman–Crippen MR) is 174 cm³/mol. The molecule has 5 heteroatoms. The predicted octanol–water partition coefficient (Wildman–Crippen LogP) is 7.74. The zero-order chi connectivity index (χ0) is 32.2. The third-order valence-corrected chi connectivity index (χ3v) is 14.1. The molecule has 0 aliphatic heterocycles. The second kappa shape index (κ2) is 13.1. The summed E-state index contributed by atoms with van der Waals surface area (Å²) in [6.07, 6.45) is 21.9. The van der Waals surface area contributed by atoms with Crippen LogP contribution in [0.3, 0.4) is 0 Å². The zero-order valence-electron chi connectivity index (χ0n) is 29.3. The smallest absolute Gasteiger partial charge is 0.550 e. The van der Waals surface area contributed by atoms with Crippen molar-refractivity contribution in [3.05, 3.63) is 46.6 Å². The van der Waals surface area contributed by atoms with Crippen LogP contribution in [-0.4, -0.2) is 11.9 Å². The van der Waals surface area contributed by atoms with E-state index >= 15 is 0 Å². The maximum absolute atomic E-state index is 11.8. The maximum atomic E-state index is 11.8. The van der Waals surface area contributed by atoms with E-state index in [-0.39, 0.29) is 39.7 Å². The fourth-order valence-corrected chi connectivity index (χ4v) is 11.2. The normalized spacial score (nSPS) is 40.4. The van der Waals surface area contributed by atoms with Crippen molar-refractivity contribution in [1.82, 2.24) is 0 Å². The Hall–Kier alpha value is -1.58. The Morgan fingerprint density at radius 3 is 1.33 bits per heavy atom. The third-order valence-electron chi connectivity index (χ3n) is 14.1. The first-order valence-corrected chi connectivity index (χ1v) is 17.8. The van der Waals surface area contributed by atoms with Crippen LogP contribution < -0.4 is 10.2 Å². The Kier molecular flexibility index (Phi) is 10.6. The molecule has 2 unspecified atom stereocenters. The van der Waals surface area contributed by atoms with E-state index in [0.29, 0.717) is 23.7 Å². The minimum absolute atomic E-state index is 0. The molecule has 1 radical (unpaired) electrons. The van der Waals surface area contributed by atoms with E-state index in [0.717, 1.165) is 51.4 Å². The molecule has 0 amide bonds. The van der Waals surface area contributed by atoms with Crippen molar-refractivity contribution in [2.75, 3.05) is 0 Å². The first-order valence-electron chi connectivity index (χ1n) is 17.8. The summed E-state index contributed by atoms with van der Waals surface area (Å²) in [5.41, 5.74) is 5.01. The molecule has 6 rings (SSSR count). The Balaban J connectivity index is 0.000000200. The largest absolute Gasteiger partial charge is 2.00 e. The van der Waals surface area contributed by atoms with Gasteiger partial charge in [0, 0.05) is 22.8 Å². The standard InChI is InChI=1S/2C20H30O2.Mn/c2*1-13(2)14-6-8-16-15(12-14)7-9-17-19(16,3)10-5-11-20(17,4)18(21)22;/h2*7,12-13,16-17H,5-6,8-11H2,1-4H3,(H,21,22);/q;;+2/p-2/t2*16-,17?,19-,20+;/m11./s1. The molecule has 4 nitrogen and oxygen atoms in total. The van der Waals surface area contributed by atoms with Crippen molar-refractivity contribution in [2.24, 2.45) is 57.2 Å². The van der Waals surface area contributed by atoms with E-state index in [1.54, 1.807) is 11.1 Å². The van der Waals surface area contributed by atoms with Crippen molar-refractivity contribution in [2.45, 2.75) is 132 Å². The molecule has 6 aliphatic rings. The van der Waals surface area contributed by atoms with Crippen LogP contribution in [-0.2, 0) is 26.7 Å². The fourth-order valence-electron chi connectivity index (χ4n) is 11.2. The van der Waals surface area contributed by atoms with Gasteiger partial charge in [-0.25, -0.2) is 0 Å². The van der Waals surface area contributed by atoms with Crippen molar-refractivity contribution in [3.8, 4) is 0 Å². The second-order valence-electron chi connectivity index (χ2n) is 17.0. The quantitative estimate of drug-likeness (QED) is 0.290. The molecule has 0 bridgehead atoms. The van der Waals surface area contributed by atoms with E-state index in [1.165, 1.54) is 36.8 Å². The maximum Gasteiger partial charge on any atom is 2.00 e. The third kappa shape index (κ3) is 6.12. The van der Waals surface area contributed by atoms with Gasteiger partial charge < -0.3 is 19.8 Å². The summed E-state index contributed by atoms with van der Waals surface area (Å²) in [6, 6.07) is 0. The van der Waals surface area contributed by atoms with Gasteiger partial charge in [-0.05, 0) is 122 Å². The number of carbonyl (C=O) groups is 2. The molecule has 2 fully saturated rings. The van der Waals surface area contributed by atoms with Crippen molar-refractivity contribution in [1.29, 1.82) is 0 Å². The van der Waals surface area contributed by atoms with E-state index in [9.17, 15) is 19.8 Å². The summed E-state index contributed by atoms with van der Waals surface area (Å²) in [6.45, 7) is 17.7. The molecule has 6 aliphatic carbocycles. The van der Waals surface area contributed by atoms with Gasteiger partial charge in [-0.15, -0.1) is 0 Å². The molecule has 45 heavy (non-hydrogen) atoms. The van der Waals surface area contributed by atoms with E-state index < -0.39 is 22.8 Å². The molecule has 0 aromatic carbocycles. The molecule has 0 heterocycles. The van der Waals surface area contributed by atoms with Gasteiger partial charge in [0.2, 0.25) is 0 Å². The average Bonchev–Trinajstić information content (AvgIpc) is 2.96. The monoisotopic (exact) mass is 657 g/mol. The first kappa shape index (κ1) is 36.3. The van der Waals surface area contributed by atoms with E-state index in [2.05, 4.69) is 65.8 Å². The van der Waals surface area contributed by atoms with Gasteiger partial charge >= 0.3 is 17.1 Å². The van der Waals surface area contributed by atoms with Crippen molar-refractivity contribution < 1.29 is 36.9 Å². The molecular weight excluding hydrogens is 599 g/mol. The van der Waals surface area contributed by atoms with Crippen LogP contribution in [0.4, 0.5) is 0 Å². The number of hydrogen-bond donors (Lipinski definition) is 0. The molecule has 0 aromatic rings. The average molecular weight is 658 g/mol. The molecule has 0 N–H and O–H groups in total. The summed E-state index contributed by atoms with van der Waals surface area (Å²) in [5.74, 6) is 1.08. The van der Waals surface area contributed by atoms with Gasteiger partial charge in [0.1, 0.15) is 0 Å². The van der Waals surface area contributed by atoms with Gasteiger partial charge in [0.25, 0.3) is 0 Å². The number of allylic oxidation sites excluding steroid dienone is 8. The molecule has 0 spiro atoms. The van der Waals surface area contributed by atoms with Gasteiger partial charge in [0.05, 0.1) is 0 Å². The van der Waals surface area contributed by atoms with Crippen LogP contribution in [0, 0.1) is 57.2 Å². The van der Waals surface area contributed by atoms with Gasteiger partial charge in [-0.3, -0.25) is 0 Å². The summed E-state index contributed by atoms with van der Waals surface area (Å²) in [7, 11) is 0. The number of carboxylic acids is 2. The van der Waals surface area contributed by atoms with Gasteiger partial charge in [0.15, 0.2) is 0 Å². The molecule has 8 atom stereocenters.